The minimum Gasteiger partial charge on any atom is -0.489 e. The second-order valence-corrected chi connectivity index (χ2v) is 8.65. The lowest BCUT2D eigenvalue weighted by Crippen LogP contribution is -2.19. The van der Waals surface area contributed by atoms with Crippen LogP contribution in [0.5, 0.6) is 5.75 Å². The number of amidine groups is 1. The van der Waals surface area contributed by atoms with Crippen molar-refractivity contribution in [2.24, 2.45) is 4.99 Å². The molecule has 1 aliphatic heterocycles. The van der Waals surface area contributed by atoms with E-state index in [1.165, 1.54) is 17.3 Å². The lowest BCUT2D eigenvalue weighted by atomic mass is 10.1. The van der Waals surface area contributed by atoms with E-state index >= 15 is 0 Å². The van der Waals surface area contributed by atoms with E-state index in [1.807, 2.05) is 55.5 Å². The smallest absolute Gasteiger partial charge is 0.264 e. The van der Waals surface area contributed by atoms with Crippen molar-refractivity contribution >= 4 is 46.2 Å². The summed E-state index contributed by atoms with van der Waals surface area (Å²) in [4.78, 5) is 17.5. The summed E-state index contributed by atoms with van der Waals surface area (Å²) in [5, 5.41) is 4.00. The molecule has 3 aromatic carbocycles. The monoisotopic (exact) mass is 448 g/mol. The van der Waals surface area contributed by atoms with Crippen molar-refractivity contribution in [2.75, 3.05) is 0 Å². The molecule has 1 saturated heterocycles. The molecule has 0 atom stereocenters. The van der Waals surface area contributed by atoms with Gasteiger partial charge >= 0.3 is 0 Å². The maximum absolute atomic E-state index is 12.3. The zero-order valence-electron chi connectivity index (χ0n) is 17.2. The van der Waals surface area contributed by atoms with Crippen LogP contribution in [0.25, 0.3) is 6.08 Å². The molecule has 0 aliphatic carbocycles. The summed E-state index contributed by atoms with van der Waals surface area (Å²) in [6.45, 7) is 4.48. The molecule has 6 heteroatoms. The number of ether oxygens (including phenoxy) is 1. The molecule has 4 rings (SSSR count). The number of halogens is 1. The third-order valence-electron chi connectivity index (χ3n) is 4.82. The van der Waals surface area contributed by atoms with Gasteiger partial charge in [0.2, 0.25) is 0 Å². The Labute approximate surface area is 191 Å². The van der Waals surface area contributed by atoms with Gasteiger partial charge in [-0.15, -0.1) is 0 Å². The van der Waals surface area contributed by atoms with Crippen LogP contribution in [-0.4, -0.2) is 11.1 Å². The summed E-state index contributed by atoms with van der Waals surface area (Å²) in [6.07, 6.45) is 1.84. The average Bonchev–Trinajstić information content (AvgIpc) is 3.10. The van der Waals surface area contributed by atoms with Crippen molar-refractivity contribution in [3.63, 3.8) is 0 Å². The fraction of sp³-hybridized carbons (Fsp3) is 0.120. The number of rotatable bonds is 5. The van der Waals surface area contributed by atoms with Crippen LogP contribution in [-0.2, 0) is 11.4 Å². The van der Waals surface area contributed by atoms with Crippen molar-refractivity contribution in [3.05, 3.63) is 98.9 Å². The van der Waals surface area contributed by atoms with Crippen LogP contribution in [0.2, 0.25) is 5.02 Å². The molecule has 0 bridgehead atoms. The van der Waals surface area contributed by atoms with E-state index in [-0.39, 0.29) is 5.91 Å². The van der Waals surface area contributed by atoms with Crippen molar-refractivity contribution in [1.29, 1.82) is 0 Å². The topological polar surface area (TPSA) is 50.7 Å². The molecule has 1 amide bonds. The fourth-order valence-corrected chi connectivity index (χ4v) is 3.97. The molecular formula is C25H21ClN2O2S. The van der Waals surface area contributed by atoms with Crippen LogP contribution in [0.1, 0.15) is 22.3 Å². The molecule has 0 radical (unpaired) electrons. The Kier molecular flexibility index (Phi) is 6.44. The van der Waals surface area contributed by atoms with Gasteiger partial charge in [0.15, 0.2) is 5.17 Å². The second-order valence-electron chi connectivity index (χ2n) is 7.21. The summed E-state index contributed by atoms with van der Waals surface area (Å²) < 4.78 is 5.85. The van der Waals surface area contributed by atoms with Crippen LogP contribution in [0.4, 0.5) is 5.69 Å². The summed E-state index contributed by atoms with van der Waals surface area (Å²) in [6, 6.07) is 21.5. The number of carbonyl (C=O) groups is 1. The number of hydrogen-bond donors (Lipinski definition) is 1. The van der Waals surface area contributed by atoms with E-state index in [0.717, 1.165) is 28.1 Å². The molecule has 0 unspecified atom stereocenters. The summed E-state index contributed by atoms with van der Waals surface area (Å²) >= 11 is 7.47. The number of thioether (sulfide) groups is 1. The fourth-order valence-electron chi connectivity index (χ4n) is 2.97. The Morgan fingerprint density at radius 3 is 2.52 bits per heavy atom. The van der Waals surface area contributed by atoms with Gasteiger partial charge in [0.1, 0.15) is 12.4 Å². The number of amides is 1. The standard InChI is InChI=1S/C25H21ClN2O2S/c1-16-6-8-19(9-7-16)15-30-20-12-10-18(11-13-20)14-23-24(29)28-25(31-23)27-22-5-3-4-21(26)17(22)2/h3-14H,15H2,1-2H3,(H,27,28,29)/b23-14+. The van der Waals surface area contributed by atoms with Crippen LogP contribution in [0, 0.1) is 13.8 Å². The Bertz CT molecular complexity index is 1170. The minimum atomic E-state index is -0.164. The van der Waals surface area contributed by atoms with Crippen molar-refractivity contribution in [2.45, 2.75) is 20.5 Å². The SMILES string of the molecule is Cc1ccc(COc2ccc(/C=C3/SC(=Nc4cccc(Cl)c4C)NC3=O)cc2)cc1. The van der Waals surface area contributed by atoms with Crippen LogP contribution in [0.3, 0.4) is 0 Å². The molecular weight excluding hydrogens is 428 g/mol. The number of aliphatic imine (C=N–C) groups is 1. The van der Waals surface area contributed by atoms with Crippen LogP contribution < -0.4 is 10.1 Å². The first-order valence-electron chi connectivity index (χ1n) is 9.81. The molecule has 3 aromatic rings. The highest BCUT2D eigenvalue weighted by Gasteiger charge is 2.24. The molecule has 156 valence electrons. The zero-order chi connectivity index (χ0) is 21.8. The summed E-state index contributed by atoms with van der Waals surface area (Å²) in [5.74, 6) is 0.619. The van der Waals surface area contributed by atoms with Gasteiger partial charge in [-0.3, -0.25) is 4.79 Å². The van der Waals surface area contributed by atoms with Gasteiger partial charge in [-0.2, -0.15) is 0 Å². The number of aryl methyl sites for hydroxylation is 1. The first-order valence-corrected chi connectivity index (χ1v) is 11.0. The Morgan fingerprint density at radius 2 is 1.77 bits per heavy atom. The highest BCUT2D eigenvalue weighted by Crippen LogP contribution is 2.31. The van der Waals surface area contributed by atoms with Gasteiger partial charge in [0, 0.05) is 5.02 Å². The van der Waals surface area contributed by atoms with Crippen molar-refractivity contribution in [3.8, 4) is 5.75 Å². The van der Waals surface area contributed by atoms with Gasteiger partial charge in [0.25, 0.3) is 5.91 Å². The normalized spacial score (nSPS) is 16.0. The third kappa shape index (κ3) is 5.37. The van der Waals surface area contributed by atoms with Crippen molar-refractivity contribution in [1.82, 2.24) is 5.32 Å². The molecule has 0 spiro atoms. The molecule has 4 nitrogen and oxygen atoms in total. The highest BCUT2D eigenvalue weighted by atomic mass is 35.5. The van der Waals surface area contributed by atoms with E-state index < -0.39 is 0 Å². The lowest BCUT2D eigenvalue weighted by molar-refractivity contribution is -0.115. The number of nitrogens with one attached hydrogen (secondary N) is 1. The quantitative estimate of drug-likeness (QED) is 0.457. The number of benzene rings is 3. The van der Waals surface area contributed by atoms with E-state index in [0.29, 0.717) is 21.7 Å². The van der Waals surface area contributed by atoms with E-state index in [1.54, 1.807) is 0 Å². The first-order chi connectivity index (χ1) is 15.0. The van der Waals surface area contributed by atoms with E-state index in [9.17, 15) is 4.79 Å². The molecule has 1 heterocycles. The second kappa shape index (κ2) is 9.41. The Morgan fingerprint density at radius 1 is 1.03 bits per heavy atom. The Balaban J connectivity index is 1.42. The van der Waals surface area contributed by atoms with Crippen molar-refractivity contribution < 1.29 is 9.53 Å². The lowest BCUT2D eigenvalue weighted by Gasteiger charge is -2.07. The largest absolute Gasteiger partial charge is 0.489 e. The van der Waals surface area contributed by atoms with E-state index in [2.05, 4.69) is 41.5 Å². The summed E-state index contributed by atoms with van der Waals surface area (Å²) in [7, 11) is 0. The van der Waals surface area contributed by atoms with E-state index in [4.69, 9.17) is 16.3 Å². The third-order valence-corrected chi connectivity index (χ3v) is 6.14. The molecule has 0 saturated carbocycles. The molecule has 1 aliphatic rings. The number of nitrogens with zero attached hydrogens (tertiary/aromatic N) is 1. The maximum Gasteiger partial charge on any atom is 0.264 e. The van der Waals surface area contributed by atoms with Gasteiger partial charge in [0.05, 0.1) is 10.6 Å². The molecule has 1 N–H and O–H groups in total. The molecule has 31 heavy (non-hydrogen) atoms. The summed E-state index contributed by atoms with van der Waals surface area (Å²) in [5.41, 5.74) is 4.89. The predicted molar refractivity (Wildman–Crippen MR) is 129 cm³/mol. The van der Waals surface area contributed by atoms with Gasteiger partial charge in [-0.1, -0.05) is 59.6 Å². The molecule has 0 aromatic heterocycles. The minimum absolute atomic E-state index is 0.164. The zero-order valence-corrected chi connectivity index (χ0v) is 18.8. The Hall–Kier alpha value is -3.02. The van der Waals surface area contributed by atoms with Gasteiger partial charge in [-0.05, 0) is 72.6 Å². The number of hydrogen-bond acceptors (Lipinski definition) is 4. The number of carbonyl (C=O) groups excluding carboxylic acids is 1. The predicted octanol–water partition coefficient (Wildman–Crippen LogP) is 6.43. The van der Waals surface area contributed by atoms with Crippen LogP contribution >= 0.6 is 23.4 Å². The maximum atomic E-state index is 12.3. The highest BCUT2D eigenvalue weighted by molar-refractivity contribution is 8.18. The van der Waals surface area contributed by atoms with Gasteiger partial charge < -0.3 is 10.1 Å². The van der Waals surface area contributed by atoms with Gasteiger partial charge in [-0.25, -0.2) is 4.99 Å². The van der Waals surface area contributed by atoms with Crippen LogP contribution in [0.15, 0.2) is 76.6 Å². The average molecular weight is 449 g/mol. The first kappa shape index (κ1) is 21.2. The molecule has 1 fully saturated rings.